The normalized spacial score (nSPS) is 20.1. The van der Waals surface area contributed by atoms with Gasteiger partial charge in [0.25, 0.3) is 0 Å². The third-order valence-corrected chi connectivity index (χ3v) is 3.50. The van der Waals surface area contributed by atoms with Crippen molar-refractivity contribution < 1.29 is 19.4 Å². The number of anilines is 1. The van der Waals surface area contributed by atoms with E-state index in [9.17, 15) is 9.59 Å². The zero-order chi connectivity index (χ0) is 14.7. The highest BCUT2D eigenvalue weighted by Crippen LogP contribution is 2.36. The Morgan fingerprint density at radius 2 is 2.15 bits per heavy atom. The van der Waals surface area contributed by atoms with Crippen LogP contribution in [0.5, 0.6) is 5.75 Å². The number of hydrogen-bond acceptors (Lipinski definition) is 3. The third kappa shape index (κ3) is 3.40. The maximum Gasteiger partial charge on any atom is 0.335 e. The van der Waals surface area contributed by atoms with Gasteiger partial charge in [0, 0.05) is 6.54 Å². The molecule has 0 heterocycles. The molecular weight excluding hydrogens is 260 g/mol. The van der Waals surface area contributed by atoms with Crippen LogP contribution in [-0.4, -0.2) is 30.8 Å². The van der Waals surface area contributed by atoms with Crippen molar-refractivity contribution in [3.63, 3.8) is 0 Å². The molecule has 1 aromatic carbocycles. The van der Waals surface area contributed by atoms with E-state index in [4.69, 9.17) is 9.84 Å². The number of aromatic carboxylic acids is 1. The minimum Gasteiger partial charge on any atom is -0.495 e. The number of benzene rings is 1. The van der Waals surface area contributed by atoms with Gasteiger partial charge in [0.15, 0.2) is 0 Å². The molecule has 6 heteroatoms. The van der Waals surface area contributed by atoms with Gasteiger partial charge in [-0.3, -0.25) is 0 Å². The second-order valence-corrected chi connectivity index (χ2v) is 5.03. The molecular formula is C14H18N2O4. The number of methoxy groups -OCH3 is 1. The van der Waals surface area contributed by atoms with E-state index in [-0.39, 0.29) is 11.6 Å². The number of rotatable bonds is 5. The second-order valence-electron chi connectivity index (χ2n) is 5.03. The molecule has 3 N–H and O–H groups in total. The first-order valence-corrected chi connectivity index (χ1v) is 6.47. The average molecular weight is 278 g/mol. The Balaban J connectivity index is 2.00. The Hall–Kier alpha value is -2.24. The molecule has 0 aliphatic heterocycles. The summed E-state index contributed by atoms with van der Waals surface area (Å²) < 4.78 is 5.10. The van der Waals surface area contributed by atoms with Gasteiger partial charge in [0.1, 0.15) is 5.75 Å². The lowest BCUT2D eigenvalue weighted by Gasteiger charge is -2.11. The number of carbonyl (C=O) groups excluding carboxylic acids is 1. The SMILES string of the molecule is COc1ccc(C(=O)O)cc1NC(=O)NCC1CC1C. The minimum atomic E-state index is -1.05. The maximum absolute atomic E-state index is 11.8. The molecule has 0 radical (unpaired) electrons. The van der Waals surface area contributed by atoms with E-state index >= 15 is 0 Å². The van der Waals surface area contributed by atoms with E-state index in [1.165, 1.54) is 25.3 Å². The van der Waals surface area contributed by atoms with E-state index in [0.29, 0.717) is 29.8 Å². The van der Waals surface area contributed by atoms with Crippen molar-refractivity contribution in [3.8, 4) is 5.75 Å². The van der Waals surface area contributed by atoms with Crippen LogP contribution in [0.25, 0.3) is 0 Å². The summed E-state index contributed by atoms with van der Waals surface area (Å²) in [5.74, 6) is 0.584. The lowest BCUT2D eigenvalue weighted by atomic mass is 10.2. The Bertz CT molecular complexity index is 530. The van der Waals surface area contributed by atoms with Crippen LogP contribution in [0.3, 0.4) is 0 Å². The molecule has 1 aromatic rings. The van der Waals surface area contributed by atoms with E-state index < -0.39 is 5.97 Å². The molecule has 20 heavy (non-hydrogen) atoms. The van der Waals surface area contributed by atoms with Crippen molar-refractivity contribution in [2.45, 2.75) is 13.3 Å². The summed E-state index contributed by atoms with van der Waals surface area (Å²) in [5, 5.41) is 14.3. The van der Waals surface area contributed by atoms with Crippen molar-refractivity contribution in [3.05, 3.63) is 23.8 Å². The van der Waals surface area contributed by atoms with Gasteiger partial charge >= 0.3 is 12.0 Å². The number of carboxylic acids is 1. The molecule has 1 aliphatic carbocycles. The van der Waals surface area contributed by atoms with Gasteiger partial charge in [0.2, 0.25) is 0 Å². The number of nitrogens with one attached hydrogen (secondary N) is 2. The van der Waals surface area contributed by atoms with Crippen molar-refractivity contribution >= 4 is 17.7 Å². The molecule has 108 valence electrons. The first kappa shape index (κ1) is 14.2. The fourth-order valence-electron chi connectivity index (χ4n) is 2.01. The largest absolute Gasteiger partial charge is 0.495 e. The van der Waals surface area contributed by atoms with Crippen molar-refractivity contribution in [2.24, 2.45) is 11.8 Å². The predicted octanol–water partition coefficient (Wildman–Crippen LogP) is 2.17. The zero-order valence-electron chi connectivity index (χ0n) is 11.5. The Morgan fingerprint density at radius 3 is 2.70 bits per heavy atom. The maximum atomic E-state index is 11.8. The Labute approximate surface area is 117 Å². The van der Waals surface area contributed by atoms with Gasteiger partial charge < -0.3 is 20.5 Å². The van der Waals surface area contributed by atoms with Gasteiger partial charge in [0.05, 0.1) is 18.4 Å². The van der Waals surface area contributed by atoms with Crippen LogP contribution in [0.15, 0.2) is 18.2 Å². The van der Waals surface area contributed by atoms with E-state index in [1.54, 1.807) is 0 Å². The van der Waals surface area contributed by atoms with Gasteiger partial charge in [-0.2, -0.15) is 0 Å². The molecule has 6 nitrogen and oxygen atoms in total. The van der Waals surface area contributed by atoms with Gasteiger partial charge in [-0.25, -0.2) is 9.59 Å². The second kappa shape index (κ2) is 5.81. The fourth-order valence-corrected chi connectivity index (χ4v) is 2.01. The van der Waals surface area contributed by atoms with Gasteiger partial charge in [-0.1, -0.05) is 6.92 Å². The summed E-state index contributed by atoms with van der Waals surface area (Å²) >= 11 is 0. The van der Waals surface area contributed by atoms with Crippen LogP contribution in [0.2, 0.25) is 0 Å². The van der Waals surface area contributed by atoms with Crippen LogP contribution < -0.4 is 15.4 Å². The zero-order valence-corrected chi connectivity index (χ0v) is 11.5. The highest BCUT2D eigenvalue weighted by molar-refractivity contribution is 5.94. The Kier molecular flexibility index (Phi) is 4.12. The van der Waals surface area contributed by atoms with Gasteiger partial charge in [-0.05, 0) is 36.5 Å². The van der Waals surface area contributed by atoms with Crippen LogP contribution in [0, 0.1) is 11.8 Å². The molecule has 2 amide bonds. The Morgan fingerprint density at radius 1 is 1.45 bits per heavy atom. The number of carbonyl (C=O) groups is 2. The monoisotopic (exact) mass is 278 g/mol. The third-order valence-electron chi connectivity index (χ3n) is 3.50. The summed E-state index contributed by atoms with van der Waals surface area (Å²) in [6.07, 6.45) is 1.14. The molecule has 1 saturated carbocycles. The molecule has 1 fully saturated rings. The van der Waals surface area contributed by atoms with Crippen molar-refractivity contribution in [1.82, 2.24) is 5.32 Å². The van der Waals surface area contributed by atoms with E-state index in [1.807, 2.05) is 0 Å². The van der Waals surface area contributed by atoms with Crippen LogP contribution in [0.1, 0.15) is 23.7 Å². The van der Waals surface area contributed by atoms with E-state index in [0.717, 1.165) is 6.42 Å². The summed E-state index contributed by atoms with van der Waals surface area (Å²) in [7, 11) is 1.46. The molecule has 2 unspecified atom stereocenters. The number of ether oxygens (including phenoxy) is 1. The summed E-state index contributed by atoms with van der Waals surface area (Å²) in [6, 6.07) is 3.96. The molecule has 1 aliphatic rings. The first-order chi connectivity index (χ1) is 9.51. The van der Waals surface area contributed by atoms with Crippen LogP contribution in [0.4, 0.5) is 10.5 Å². The highest BCUT2D eigenvalue weighted by Gasteiger charge is 2.32. The number of hydrogen-bond donors (Lipinski definition) is 3. The molecule has 2 atom stereocenters. The van der Waals surface area contributed by atoms with Gasteiger partial charge in [-0.15, -0.1) is 0 Å². The summed E-state index contributed by atoms with van der Waals surface area (Å²) in [5.41, 5.74) is 0.436. The molecule has 0 spiro atoms. The molecule has 0 bridgehead atoms. The van der Waals surface area contributed by atoms with Crippen molar-refractivity contribution in [2.75, 3.05) is 19.0 Å². The molecule has 0 aromatic heterocycles. The number of amides is 2. The number of carboxylic acid groups (broad SMARTS) is 1. The smallest absolute Gasteiger partial charge is 0.335 e. The molecule has 0 saturated heterocycles. The lowest BCUT2D eigenvalue weighted by molar-refractivity contribution is 0.0697. The van der Waals surface area contributed by atoms with Crippen molar-refractivity contribution in [1.29, 1.82) is 0 Å². The predicted molar refractivity (Wildman–Crippen MR) is 74.2 cm³/mol. The number of urea groups is 1. The minimum absolute atomic E-state index is 0.0944. The fraction of sp³-hybridized carbons (Fsp3) is 0.429. The lowest BCUT2D eigenvalue weighted by Crippen LogP contribution is -2.30. The van der Waals surface area contributed by atoms with Crippen LogP contribution >= 0.6 is 0 Å². The first-order valence-electron chi connectivity index (χ1n) is 6.47. The average Bonchev–Trinajstić information content (AvgIpc) is 3.12. The highest BCUT2D eigenvalue weighted by atomic mass is 16.5. The topological polar surface area (TPSA) is 87.7 Å². The quantitative estimate of drug-likeness (QED) is 0.770. The summed E-state index contributed by atoms with van der Waals surface area (Å²) in [4.78, 5) is 22.7. The molecule has 2 rings (SSSR count). The standard InChI is InChI=1S/C14H18N2O4/c1-8-5-10(8)7-15-14(19)16-11-6-9(13(17)18)3-4-12(11)20-2/h3-4,6,8,10H,5,7H2,1-2H3,(H,17,18)(H2,15,16,19). The van der Waals surface area contributed by atoms with Crippen LogP contribution in [-0.2, 0) is 0 Å². The van der Waals surface area contributed by atoms with E-state index in [2.05, 4.69) is 17.6 Å². The summed E-state index contributed by atoms with van der Waals surface area (Å²) in [6.45, 7) is 2.78.